The molecule has 1 aliphatic carbocycles. The summed E-state index contributed by atoms with van der Waals surface area (Å²) in [6.45, 7) is 7.72. The Morgan fingerprint density at radius 2 is 2.09 bits per heavy atom. The van der Waals surface area contributed by atoms with Gasteiger partial charge in [-0.3, -0.25) is 0 Å². The highest BCUT2D eigenvalue weighted by Gasteiger charge is 2.53. The van der Waals surface area contributed by atoms with Crippen molar-refractivity contribution in [2.75, 3.05) is 46.0 Å². The van der Waals surface area contributed by atoms with Crippen molar-refractivity contribution in [3.05, 3.63) is 0 Å². The highest BCUT2D eigenvalue weighted by Crippen LogP contribution is 2.62. The third kappa shape index (κ3) is 3.65. The summed E-state index contributed by atoms with van der Waals surface area (Å²) in [7, 11) is 8.81. The average molecular weight is 343 g/mol. The molecule has 0 radical (unpaired) electrons. The molecule has 2 spiro atoms. The minimum absolute atomic E-state index is 0.636. The van der Waals surface area contributed by atoms with Crippen molar-refractivity contribution < 1.29 is 0 Å². The average Bonchev–Trinajstić information content (AvgIpc) is 3.08. The molecule has 3 unspecified atom stereocenters. The van der Waals surface area contributed by atoms with Gasteiger partial charge in [0.05, 0.1) is 0 Å². The number of nitrogens with zero attached hydrogens (tertiary/aromatic N) is 2. The highest BCUT2D eigenvalue weighted by atomic mass is 33.1. The van der Waals surface area contributed by atoms with Gasteiger partial charge in [0.15, 0.2) is 0 Å². The van der Waals surface area contributed by atoms with Crippen LogP contribution in [-0.2, 0) is 0 Å². The van der Waals surface area contributed by atoms with Gasteiger partial charge >= 0.3 is 0 Å². The van der Waals surface area contributed by atoms with Crippen molar-refractivity contribution in [2.45, 2.75) is 56.6 Å². The van der Waals surface area contributed by atoms with E-state index in [1.807, 2.05) is 0 Å². The Balaban J connectivity index is 1.58. The van der Waals surface area contributed by atoms with E-state index in [2.05, 4.69) is 52.4 Å². The molecule has 128 valence electrons. The smallest absolute Gasteiger partial charge is 0.0305 e. The van der Waals surface area contributed by atoms with E-state index in [0.29, 0.717) is 10.2 Å². The number of rotatable bonds is 5. The third-order valence-electron chi connectivity index (χ3n) is 6.36. The Kier molecular flexibility index (Phi) is 5.74. The first-order chi connectivity index (χ1) is 10.6. The standard InChI is InChI=1S/C18H34N2S2/c1-4-16-6-7-17(14-18(16)9-13-21-22-18)8-12-20(15-17)11-5-10-19(2)3/h16H,4-15H2,1-3H3. The van der Waals surface area contributed by atoms with Gasteiger partial charge in [-0.15, -0.1) is 0 Å². The molecule has 3 rings (SSSR count). The molecule has 3 fully saturated rings. The molecule has 2 saturated heterocycles. The van der Waals surface area contributed by atoms with Gasteiger partial charge in [-0.1, -0.05) is 34.9 Å². The molecule has 0 bridgehead atoms. The first-order valence-corrected chi connectivity index (χ1v) is 11.6. The molecule has 0 aromatic rings. The lowest BCUT2D eigenvalue weighted by Gasteiger charge is -2.48. The number of hydrogen-bond donors (Lipinski definition) is 0. The van der Waals surface area contributed by atoms with Crippen LogP contribution in [0.1, 0.15) is 51.9 Å². The first-order valence-electron chi connectivity index (χ1n) is 9.25. The first kappa shape index (κ1) is 17.4. The molecule has 1 saturated carbocycles. The molecule has 3 aliphatic rings. The van der Waals surface area contributed by atoms with Gasteiger partial charge in [0.2, 0.25) is 0 Å². The Bertz CT molecular complexity index is 368. The van der Waals surface area contributed by atoms with Gasteiger partial charge in [0.25, 0.3) is 0 Å². The normalized spacial score (nSPS) is 39.5. The van der Waals surface area contributed by atoms with Crippen LogP contribution in [0, 0.1) is 11.3 Å². The van der Waals surface area contributed by atoms with Crippen LogP contribution in [0.3, 0.4) is 0 Å². The summed E-state index contributed by atoms with van der Waals surface area (Å²) in [6.07, 6.45) is 10.2. The van der Waals surface area contributed by atoms with Gasteiger partial charge < -0.3 is 9.80 Å². The summed E-state index contributed by atoms with van der Waals surface area (Å²) in [6, 6.07) is 0. The highest BCUT2D eigenvalue weighted by molar-refractivity contribution is 8.77. The zero-order valence-electron chi connectivity index (χ0n) is 14.8. The molecular weight excluding hydrogens is 308 g/mol. The van der Waals surface area contributed by atoms with Gasteiger partial charge in [0, 0.05) is 17.0 Å². The summed E-state index contributed by atoms with van der Waals surface area (Å²) in [5, 5.41) is 0. The lowest BCUT2D eigenvalue weighted by molar-refractivity contribution is 0.109. The largest absolute Gasteiger partial charge is 0.309 e. The SMILES string of the molecule is CCC1CCC2(CCN(CCCN(C)C)C2)CC12CCSS2. The lowest BCUT2D eigenvalue weighted by atomic mass is 9.63. The summed E-state index contributed by atoms with van der Waals surface area (Å²) >= 11 is 0. The molecule has 4 heteroatoms. The predicted octanol–water partition coefficient (Wildman–Crippen LogP) is 4.36. The Labute approximate surface area is 145 Å². The van der Waals surface area contributed by atoms with E-state index >= 15 is 0 Å². The van der Waals surface area contributed by atoms with E-state index in [0.717, 1.165) is 5.92 Å². The number of hydrogen-bond acceptors (Lipinski definition) is 4. The summed E-state index contributed by atoms with van der Waals surface area (Å²) in [4.78, 5) is 5.09. The molecule has 22 heavy (non-hydrogen) atoms. The zero-order valence-corrected chi connectivity index (χ0v) is 16.4. The van der Waals surface area contributed by atoms with Crippen molar-refractivity contribution in [2.24, 2.45) is 11.3 Å². The van der Waals surface area contributed by atoms with E-state index in [1.54, 1.807) is 0 Å². The van der Waals surface area contributed by atoms with Crippen molar-refractivity contribution in [1.82, 2.24) is 9.80 Å². The molecule has 2 heterocycles. The second kappa shape index (κ2) is 7.25. The van der Waals surface area contributed by atoms with Crippen molar-refractivity contribution >= 4 is 21.6 Å². The van der Waals surface area contributed by atoms with Crippen LogP contribution in [0.2, 0.25) is 0 Å². The Morgan fingerprint density at radius 3 is 2.77 bits per heavy atom. The maximum absolute atomic E-state index is 2.77. The predicted molar refractivity (Wildman–Crippen MR) is 102 cm³/mol. The topological polar surface area (TPSA) is 6.48 Å². The van der Waals surface area contributed by atoms with Crippen LogP contribution >= 0.6 is 21.6 Å². The van der Waals surface area contributed by atoms with E-state index in [-0.39, 0.29) is 0 Å². The molecule has 0 aromatic carbocycles. The molecule has 2 aliphatic heterocycles. The molecule has 3 atom stereocenters. The molecule has 0 aromatic heterocycles. The lowest BCUT2D eigenvalue weighted by Crippen LogP contribution is -2.45. The zero-order chi connectivity index (χ0) is 15.6. The summed E-state index contributed by atoms with van der Waals surface area (Å²) in [5.74, 6) is 2.38. The van der Waals surface area contributed by atoms with Crippen molar-refractivity contribution in [3.8, 4) is 0 Å². The van der Waals surface area contributed by atoms with Gasteiger partial charge in [0.1, 0.15) is 0 Å². The monoisotopic (exact) mass is 342 g/mol. The molecule has 0 amide bonds. The Hall–Kier alpha value is 0.620. The minimum atomic E-state index is 0.636. The van der Waals surface area contributed by atoms with Gasteiger partial charge in [-0.2, -0.15) is 0 Å². The van der Waals surface area contributed by atoms with Crippen LogP contribution < -0.4 is 0 Å². The van der Waals surface area contributed by atoms with Crippen LogP contribution in [-0.4, -0.2) is 60.6 Å². The second-order valence-corrected chi connectivity index (χ2v) is 11.1. The quantitative estimate of drug-likeness (QED) is 0.684. The second-order valence-electron chi connectivity index (χ2n) is 8.22. The Morgan fingerprint density at radius 1 is 1.23 bits per heavy atom. The molecule has 2 nitrogen and oxygen atoms in total. The van der Waals surface area contributed by atoms with E-state index < -0.39 is 0 Å². The van der Waals surface area contributed by atoms with E-state index in [9.17, 15) is 0 Å². The van der Waals surface area contributed by atoms with E-state index in [4.69, 9.17) is 0 Å². The maximum atomic E-state index is 2.77. The van der Waals surface area contributed by atoms with Crippen LogP contribution in [0.15, 0.2) is 0 Å². The summed E-state index contributed by atoms with van der Waals surface area (Å²) < 4.78 is 0.636. The maximum Gasteiger partial charge on any atom is 0.0305 e. The summed E-state index contributed by atoms with van der Waals surface area (Å²) in [5.41, 5.74) is 0.668. The van der Waals surface area contributed by atoms with Gasteiger partial charge in [-0.05, 0) is 83.6 Å². The fraction of sp³-hybridized carbons (Fsp3) is 1.00. The van der Waals surface area contributed by atoms with Crippen LogP contribution in [0.25, 0.3) is 0 Å². The molecule has 0 N–H and O–H groups in total. The van der Waals surface area contributed by atoms with Crippen LogP contribution in [0.4, 0.5) is 0 Å². The minimum Gasteiger partial charge on any atom is -0.309 e. The third-order valence-corrected chi connectivity index (χ3v) is 9.72. The molecular formula is C18H34N2S2. The van der Waals surface area contributed by atoms with Gasteiger partial charge in [-0.25, -0.2) is 0 Å². The number of likely N-dealkylation sites (tertiary alicyclic amines) is 1. The van der Waals surface area contributed by atoms with Crippen molar-refractivity contribution in [3.63, 3.8) is 0 Å². The van der Waals surface area contributed by atoms with Crippen LogP contribution in [0.5, 0.6) is 0 Å². The fourth-order valence-corrected chi connectivity index (χ4v) is 9.07. The fourth-order valence-electron chi connectivity index (χ4n) is 5.17. The van der Waals surface area contributed by atoms with E-state index in [1.165, 1.54) is 76.9 Å². The van der Waals surface area contributed by atoms with Crippen molar-refractivity contribution in [1.29, 1.82) is 0 Å².